The molecule has 1 amide bonds. The topological polar surface area (TPSA) is 46.3 Å². The molecule has 6 heteroatoms. The van der Waals surface area contributed by atoms with E-state index in [0.29, 0.717) is 13.1 Å². The lowest BCUT2D eigenvalue weighted by Crippen LogP contribution is -2.46. The van der Waals surface area contributed by atoms with Gasteiger partial charge in [-0.25, -0.2) is 0 Å². The fourth-order valence-corrected chi connectivity index (χ4v) is 2.65. The molecule has 2 rings (SSSR count). The largest absolute Gasteiger partial charge is 0.396 e. The van der Waals surface area contributed by atoms with Crippen molar-refractivity contribution in [3.8, 4) is 0 Å². The minimum atomic E-state index is -4.44. The normalized spacial score (nSPS) is 21.1. The highest BCUT2D eigenvalue weighted by Gasteiger charge is 2.42. The Bertz CT molecular complexity index is 476. The molecular weight excluding hydrogens is 281 g/mol. The molecule has 0 spiro atoms. The molecule has 0 saturated carbocycles. The van der Waals surface area contributed by atoms with Gasteiger partial charge < -0.3 is 10.6 Å². The van der Waals surface area contributed by atoms with Crippen LogP contribution in [0.25, 0.3) is 0 Å². The number of piperidine rings is 1. The van der Waals surface area contributed by atoms with Gasteiger partial charge in [0, 0.05) is 25.6 Å². The van der Waals surface area contributed by atoms with Crippen LogP contribution in [-0.2, 0) is 4.79 Å². The summed E-state index contributed by atoms with van der Waals surface area (Å²) in [5, 5.41) is 0. The summed E-state index contributed by atoms with van der Waals surface area (Å²) in [7, 11) is 0. The quantitative estimate of drug-likeness (QED) is 0.933. The zero-order chi connectivity index (χ0) is 15.5. The highest BCUT2D eigenvalue weighted by atomic mass is 19.4. The number of benzene rings is 1. The molecule has 0 bridgehead atoms. The van der Waals surface area contributed by atoms with Gasteiger partial charge in [0.2, 0.25) is 5.91 Å². The van der Waals surface area contributed by atoms with E-state index < -0.39 is 24.4 Å². The van der Waals surface area contributed by atoms with Crippen LogP contribution in [0.15, 0.2) is 30.3 Å². The Morgan fingerprint density at radius 2 is 2.00 bits per heavy atom. The molecule has 21 heavy (non-hydrogen) atoms. The van der Waals surface area contributed by atoms with Crippen molar-refractivity contribution in [2.75, 3.05) is 13.1 Å². The maximum Gasteiger partial charge on any atom is 0.396 e. The van der Waals surface area contributed by atoms with Crippen molar-refractivity contribution in [1.82, 2.24) is 4.90 Å². The predicted octanol–water partition coefficient (Wildman–Crippen LogP) is 2.67. The second-order valence-corrected chi connectivity index (χ2v) is 5.45. The third-order valence-corrected chi connectivity index (χ3v) is 3.79. The number of carbonyl (C=O) groups is 1. The van der Waals surface area contributed by atoms with Crippen molar-refractivity contribution in [3.63, 3.8) is 0 Å². The molecule has 1 saturated heterocycles. The van der Waals surface area contributed by atoms with Gasteiger partial charge in [-0.3, -0.25) is 4.79 Å². The van der Waals surface area contributed by atoms with Crippen molar-refractivity contribution < 1.29 is 18.0 Å². The summed E-state index contributed by atoms with van der Waals surface area (Å²) in [6.07, 6.45) is -3.44. The Hall–Kier alpha value is -1.56. The Balaban J connectivity index is 2.10. The van der Waals surface area contributed by atoms with Gasteiger partial charge >= 0.3 is 6.18 Å². The van der Waals surface area contributed by atoms with E-state index in [9.17, 15) is 18.0 Å². The second-order valence-electron chi connectivity index (χ2n) is 5.45. The first kappa shape index (κ1) is 15.8. The molecule has 0 radical (unpaired) electrons. The summed E-state index contributed by atoms with van der Waals surface area (Å²) >= 11 is 0. The van der Waals surface area contributed by atoms with Crippen LogP contribution in [0, 0.1) is 0 Å². The van der Waals surface area contributed by atoms with Crippen LogP contribution in [0.2, 0.25) is 0 Å². The fraction of sp³-hybridized carbons (Fsp3) is 0.533. The number of amides is 1. The number of nitrogens with two attached hydrogens (primary N) is 1. The van der Waals surface area contributed by atoms with Crippen LogP contribution < -0.4 is 5.73 Å². The SMILES string of the molecule is NC1CCCN(C(=O)CC(c2ccccc2)C(F)(F)F)C1. The molecule has 0 aromatic heterocycles. The smallest absolute Gasteiger partial charge is 0.341 e. The summed E-state index contributed by atoms with van der Waals surface area (Å²) in [5.41, 5.74) is 5.90. The first-order valence-electron chi connectivity index (χ1n) is 7.03. The Kier molecular flexibility index (Phi) is 4.88. The van der Waals surface area contributed by atoms with Gasteiger partial charge in [-0.1, -0.05) is 30.3 Å². The van der Waals surface area contributed by atoms with E-state index in [1.807, 2.05) is 0 Å². The average Bonchev–Trinajstić information content (AvgIpc) is 2.44. The molecule has 1 aromatic rings. The first-order valence-corrected chi connectivity index (χ1v) is 7.03. The van der Waals surface area contributed by atoms with E-state index in [4.69, 9.17) is 5.73 Å². The molecule has 1 fully saturated rings. The van der Waals surface area contributed by atoms with Gasteiger partial charge in [0.25, 0.3) is 0 Å². The number of nitrogens with zero attached hydrogens (tertiary/aromatic N) is 1. The maximum atomic E-state index is 13.2. The molecule has 2 atom stereocenters. The van der Waals surface area contributed by atoms with Gasteiger partial charge in [-0.05, 0) is 18.4 Å². The summed E-state index contributed by atoms with van der Waals surface area (Å²) in [6, 6.07) is 7.44. The Morgan fingerprint density at radius 3 is 2.57 bits per heavy atom. The fourth-order valence-electron chi connectivity index (χ4n) is 2.65. The van der Waals surface area contributed by atoms with Crippen molar-refractivity contribution in [1.29, 1.82) is 0 Å². The summed E-state index contributed by atoms with van der Waals surface area (Å²) in [4.78, 5) is 13.6. The van der Waals surface area contributed by atoms with Gasteiger partial charge in [0.05, 0.1) is 5.92 Å². The van der Waals surface area contributed by atoms with Crippen LogP contribution in [0.5, 0.6) is 0 Å². The Labute approximate surface area is 121 Å². The summed E-state index contributed by atoms with van der Waals surface area (Å²) in [6.45, 7) is 0.837. The zero-order valence-corrected chi connectivity index (χ0v) is 11.6. The van der Waals surface area contributed by atoms with E-state index in [-0.39, 0.29) is 11.6 Å². The number of halogens is 3. The second kappa shape index (κ2) is 6.47. The molecule has 1 heterocycles. The Morgan fingerprint density at radius 1 is 1.33 bits per heavy atom. The van der Waals surface area contributed by atoms with E-state index in [2.05, 4.69) is 0 Å². The first-order chi connectivity index (χ1) is 9.88. The third kappa shape index (κ3) is 4.20. The van der Waals surface area contributed by atoms with Crippen molar-refractivity contribution in [2.45, 2.75) is 37.4 Å². The third-order valence-electron chi connectivity index (χ3n) is 3.79. The molecule has 2 N–H and O–H groups in total. The summed E-state index contributed by atoms with van der Waals surface area (Å²) in [5.74, 6) is -2.24. The lowest BCUT2D eigenvalue weighted by atomic mass is 9.94. The monoisotopic (exact) mass is 300 g/mol. The minimum absolute atomic E-state index is 0.125. The average molecular weight is 300 g/mol. The van der Waals surface area contributed by atoms with Gasteiger partial charge in [-0.15, -0.1) is 0 Å². The number of hydrogen-bond acceptors (Lipinski definition) is 2. The van der Waals surface area contributed by atoms with Crippen molar-refractivity contribution in [3.05, 3.63) is 35.9 Å². The molecule has 1 aliphatic heterocycles. The molecule has 1 aliphatic rings. The van der Waals surface area contributed by atoms with Crippen LogP contribution >= 0.6 is 0 Å². The number of alkyl halides is 3. The molecule has 3 nitrogen and oxygen atoms in total. The van der Waals surface area contributed by atoms with Gasteiger partial charge in [0.15, 0.2) is 0 Å². The van der Waals surface area contributed by atoms with E-state index in [1.54, 1.807) is 18.2 Å². The minimum Gasteiger partial charge on any atom is -0.341 e. The van der Waals surface area contributed by atoms with E-state index >= 15 is 0 Å². The molecule has 2 unspecified atom stereocenters. The molecular formula is C15H19F3N2O. The van der Waals surface area contributed by atoms with Gasteiger partial charge in [-0.2, -0.15) is 13.2 Å². The van der Waals surface area contributed by atoms with Gasteiger partial charge in [0.1, 0.15) is 0 Å². The maximum absolute atomic E-state index is 13.2. The molecule has 0 aliphatic carbocycles. The highest BCUT2D eigenvalue weighted by Crippen LogP contribution is 2.37. The zero-order valence-electron chi connectivity index (χ0n) is 11.6. The van der Waals surface area contributed by atoms with Crippen LogP contribution in [0.3, 0.4) is 0 Å². The standard InChI is InChI=1S/C15H19F3N2O/c16-15(17,18)13(11-5-2-1-3-6-11)9-14(21)20-8-4-7-12(19)10-20/h1-3,5-6,12-13H,4,7-10,19H2. The number of likely N-dealkylation sites (tertiary alicyclic amines) is 1. The van der Waals surface area contributed by atoms with Crippen LogP contribution in [-0.4, -0.2) is 36.1 Å². The van der Waals surface area contributed by atoms with E-state index in [1.165, 1.54) is 17.0 Å². The van der Waals surface area contributed by atoms with Crippen LogP contribution in [0.1, 0.15) is 30.7 Å². The van der Waals surface area contributed by atoms with Crippen molar-refractivity contribution in [2.24, 2.45) is 5.73 Å². The van der Waals surface area contributed by atoms with Crippen LogP contribution in [0.4, 0.5) is 13.2 Å². The number of carbonyl (C=O) groups excluding carboxylic acids is 1. The summed E-state index contributed by atoms with van der Waals surface area (Å²) < 4.78 is 39.6. The molecule has 116 valence electrons. The number of hydrogen-bond donors (Lipinski definition) is 1. The number of rotatable bonds is 3. The predicted molar refractivity (Wildman–Crippen MR) is 73.6 cm³/mol. The highest BCUT2D eigenvalue weighted by molar-refractivity contribution is 5.77. The molecule has 1 aromatic carbocycles. The van der Waals surface area contributed by atoms with E-state index in [0.717, 1.165) is 12.8 Å². The van der Waals surface area contributed by atoms with Crippen molar-refractivity contribution >= 4 is 5.91 Å². The lowest BCUT2D eigenvalue weighted by molar-refractivity contribution is -0.161. The lowest BCUT2D eigenvalue weighted by Gasteiger charge is -2.32.